The first-order valence-electron chi connectivity index (χ1n) is 7.20. The van der Waals surface area contributed by atoms with Gasteiger partial charge in [-0.05, 0) is 25.5 Å². The zero-order chi connectivity index (χ0) is 14.7. The topological polar surface area (TPSA) is 32.3 Å². The van der Waals surface area contributed by atoms with Gasteiger partial charge in [-0.25, -0.2) is 9.97 Å². The fourth-order valence-corrected chi connectivity index (χ4v) is 3.46. The molecule has 6 heteroatoms. The minimum Gasteiger partial charge on any atom is -0.370 e. The quantitative estimate of drug-likeness (QED) is 0.812. The predicted molar refractivity (Wildman–Crippen MR) is 88.2 cm³/mol. The summed E-state index contributed by atoms with van der Waals surface area (Å²) >= 11 is 7.72. The van der Waals surface area contributed by atoms with E-state index in [1.165, 1.54) is 11.4 Å². The standard InChI is InChI=1S/C15H19ClN4S/c1-12-18-13(11-21-12)10-19-5-2-6-20(8-7-19)14-3-4-17-15(16)9-14/h3-4,9,11H,2,5-8,10H2,1H3. The molecule has 0 aliphatic carbocycles. The van der Waals surface area contributed by atoms with Crippen LogP contribution in [0.15, 0.2) is 23.7 Å². The molecule has 21 heavy (non-hydrogen) atoms. The van der Waals surface area contributed by atoms with Gasteiger partial charge in [-0.2, -0.15) is 0 Å². The number of hydrogen-bond acceptors (Lipinski definition) is 5. The van der Waals surface area contributed by atoms with Gasteiger partial charge in [0.25, 0.3) is 0 Å². The maximum Gasteiger partial charge on any atom is 0.131 e. The van der Waals surface area contributed by atoms with E-state index in [4.69, 9.17) is 11.6 Å². The molecule has 0 unspecified atom stereocenters. The molecule has 1 saturated heterocycles. The third-order valence-corrected chi connectivity index (χ3v) is 4.75. The molecule has 0 amide bonds. The van der Waals surface area contributed by atoms with Crippen LogP contribution in [-0.2, 0) is 6.54 Å². The van der Waals surface area contributed by atoms with Crippen LogP contribution in [0.5, 0.6) is 0 Å². The van der Waals surface area contributed by atoms with Gasteiger partial charge in [-0.3, -0.25) is 4.90 Å². The Hall–Kier alpha value is -1.17. The van der Waals surface area contributed by atoms with E-state index in [9.17, 15) is 0 Å². The van der Waals surface area contributed by atoms with Crippen molar-refractivity contribution >= 4 is 28.6 Å². The van der Waals surface area contributed by atoms with Gasteiger partial charge < -0.3 is 4.90 Å². The Morgan fingerprint density at radius 1 is 1.29 bits per heavy atom. The molecule has 1 fully saturated rings. The maximum atomic E-state index is 5.99. The largest absolute Gasteiger partial charge is 0.370 e. The highest BCUT2D eigenvalue weighted by molar-refractivity contribution is 7.09. The van der Waals surface area contributed by atoms with Crippen LogP contribution >= 0.6 is 22.9 Å². The summed E-state index contributed by atoms with van der Waals surface area (Å²) in [5.74, 6) is 0. The highest BCUT2D eigenvalue weighted by atomic mass is 35.5. The highest BCUT2D eigenvalue weighted by Crippen LogP contribution is 2.20. The van der Waals surface area contributed by atoms with E-state index in [2.05, 4.69) is 32.1 Å². The number of hydrogen-bond donors (Lipinski definition) is 0. The average molecular weight is 323 g/mol. The molecule has 0 aromatic carbocycles. The van der Waals surface area contributed by atoms with Crippen LogP contribution in [0.1, 0.15) is 17.1 Å². The van der Waals surface area contributed by atoms with Gasteiger partial charge in [-0.1, -0.05) is 11.6 Å². The van der Waals surface area contributed by atoms with E-state index in [0.717, 1.165) is 44.2 Å². The number of pyridine rings is 1. The number of anilines is 1. The molecular formula is C15H19ClN4S. The average Bonchev–Trinajstić information content (AvgIpc) is 2.73. The molecule has 0 saturated carbocycles. The van der Waals surface area contributed by atoms with E-state index < -0.39 is 0 Å². The first-order valence-corrected chi connectivity index (χ1v) is 8.46. The van der Waals surface area contributed by atoms with Crippen LogP contribution in [-0.4, -0.2) is 41.0 Å². The summed E-state index contributed by atoms with van der Waals surface area (Å²) in [4.78, 5) is 13.5. The van der Waals surface area contributed by atoms with Crippen molar-refractivity contribution in [3.05, 3.63) is 39.6 Å². The Bertz CT molecular complexity index is 601. The smallest absolute Gasteiger partial charge is 0.131 e. The summed E-state index contributed by atoms with van der Waals surface area (Å²) in [5.41, 5.74) is 2.36. The lowest BCUT2D eigenvalue weighted by Crippen LogP contribution is -2.30. The minimum atomic E-state index is 0.562. The lowest BCUT2D eigenvalue weighted by molar-refractivity contribution is 0.282. The fourth-order valence-electron chi connectivity index (χ4n) is 2.69. The molecule has 2 aromatic rings. The second-order valence-electron chi connectivity index (χ2n) is 5.31. The lowest BCUT2D eigenvalue weighted by Gasteiger charge is -2.23. The van der Waals surface area contributed by atoms with Crippen molar-refractivity contribution in [1.29, 1.82) is 0 Å². The zero-order valence-electron chi connectivity index (χ0n) is 12.1. The number of aryl methyl sites for hydroxylation is 1. The molecule has 2 aromatic heterocycles. The van der Waals surface area contributed by atoms with Crippen molar-refractivity contribution in [1.82, 2.24) is 14.9 Å². The maximum absolute atomic E-state index is 5.99. The van der Waals surface area contributed by atoms with E-state index in [0.29, 0.717) is 5.15 Å². The molecule has 1 aliphatic heterocycles. The van der Waals surface area contributed by atoms with Crippen molar-refractivity contribution in [3.8, 4) is 0 Å². The van der Waals surface area contributed by atoms with E-state index in [-0.39, 0.29) is 0 Å². The van der Waals surface area contributed by atoms with Gasteiger partial charge in [0.05, 0.1) is 10.7 Å². The van der Waals surface area contributed by atoms with Gasteiger partial charge in [0.2, 0.25) is 0 Å². The van der Waals surface area contributed by atoms with E-state index in [1.54, 1.807) is 17.5 Å². The third-order valence-electron chi connectivity index (χ3n) is 3.72. The van der Waals surface area contributed by atoms with Crippen LogP contribution in [0.4, 0.5) is 5.69 Å². The fraction of sp³-hybridized carbons (Fsp3) is 0.467. The molecule has 112 valence electrons. The molecular weight excluding hydrogens is 304 g/mol. The minimum absolute atomic E-state index is 0.562. The van der Waals surface area contributed by atoms with Gasteiger partial charge in [-0.15, -0.1) is 11.3 Å². The van der Waals surface area contributed by atoms with Crippen molar-refractivity contribution in [2.24, 2.45) is 0 Å². The van der Waals surface area contributed by atoms with Crippen LogP contribution in [0.3, 0.4) is 0 Å². The number of aromatic nitrogens is 2. The normalized spacial score (nSPS) is 17.0. The lowest BCUT2D eigenvalue weighted by atomic mass is 10.3. The molecule has 0 spiro atoms. The van der Waals surface area contributed by atoms with Crippen molar-refractivity contribution in [2.75, 3.05) is 31.1 Å². The van der Waals surface area contributed by atoms with E-state index in [1.807, 2.05) is 12.1 Å². The summed E-state index contributed by atoms with van der Waals surface area (Å²) < 4.78 is 0. The monoisotopic (exact) mass is 322 g/mol. The zero-order valence-corrected chi connectivity index (χ0v) is 13.7. The molecule has 3 rings (SSSR count). The Balaban J connectivity index is 1.61. The van der Waals surface area contributed by atoms with Gasteiger partial charge >= 0.3 is 0 Å². The van der Waals surface area contributed by atoms with E-state index >= 15 is 0 Å². The first kappa shape index (κ1) is 14.8. The summed E-state index contributed by atoms with van der Waals surface area (Å²) in [6.45, 7) is 7.26. The Labute approximate surface area is 134 Å². The Morgan fingerprint density at radius 2 is 2.19 bits per heavy atom. The first-order chi connectivity index (χ1) is 10.2. The predicted octanol–water partition coefficient (Wildman–Crippen LogP) is 3.21. The molecule has 3 heterocycles. The number of rotatable bonds is 3. The summed E-state index contributed by atoms with van der Waals surface area (Å²) in [5, 5.41) is 3.88. The molecule has 4 nitrogen and oxygen atoms in total. The molecule has 1 aliphatic rings. The number of nitrogens with zero attached hydrogens (tertiary/aromatic N) is 4. The molecule has 0 N–H and O–H groups in total. The number of halogens is 1. The van der Waals surface area contributed by atoms with Crippen LogP contribution in [0.2, 0.25) is 5.15 Å². The van der Waals surface area contributed by atoms with Crippen LogP contribution in [0.25, 0.3) is 0 Å². The number of thiazole rings is 1. The summed E-state index contributed by atoms with van der Waals surface area (Å²) in [7, 11) is 0. The second kappa shape index (κ2) is 6.73. The molecule has 0 bridgehead atoms. The molecule has 0 atom stereocenters. The van der Waals surface area contributed by atoms with Crippen molar-refractivity contribution < 1.29 is 0 Å². The Morgan fingerprint density at radius 3 is 2.95 bits per heavy atom. The van der Waals surface area contributed by atoms with Crippen LogP contribution in [0, 0.1) is 6.92 Å². The van der Waals surface area contributed by atoms with Gasteiger partial charge in [0, 0.05) is 50.0 Å². The summed E-state index contributed by atoms with van der Waals surface area (Å²) in [6, 6.07) is 3.98. The summed E-state index contributed by atoms with van der Waals surface area (Å²) in [6.07, 6.45) is 2.93. The Kier molecular flexibility index (Phi) is 4.73. The third kappa shape index (κ3) is 3.93. The van der Waals surface area contributed by atoms with Gasteiger partial charge in [0.1, 0.15) is 5.15 Å². The molecule has 0 radical (unpaired) electrons. The van der Waals surface area contributed by atoms with Crippen molar-refractivity contribution in [2.45, 2.75) is 19.9 Å². The van der Waals surface area contributed by atoms with Crippen LogP contribution < -0.4 is 4.90 Å². The van der Waals surface area contributed by atoms with Gasteiger partial charge in [0.15, 0.2) is 0 Å². The second-order valence-corrected chi connectivity index (χ2v) is 6.76. The SMILES string of the molecule is Cc1nc(CN2CCCN(c3ccnc(Cl)c3)CC2)cs1. The highest BCUT2D eigenvalue weighted by Gasteiger charge is 2.16. The van der Waals surface area contributed by atoms with Crippen molar-refractivity contribution in [3.63, 3.8) is 0 Å².